The van der Waals surface area contributed by atoms with Gasteiger partial charge in [0, 0.05) is 11.4 Å². The van der Waals surface area contributed by atoms with Crippen LogP contribution in [0.15, 0.2) is 72.8 Å². The second kappa shape index (κ2) is 8.54. The summed E-state index contributed by atoms with van der Waals surface area (Å²) in [5.74, 6) is 0.428. The molecule has 134 valence electrons. The molecule has 0 heterocycles. The fraction of sp³-hybridized carbons (Fsp3) is 0.0909. The van der Waals surface area contributed by atoms with Crippen LogP contribution in [0, 0.1) is 18.3 Å². The third-order valence-electron chi connectivity index (χ3n) is 3.89. The molecule has 0 aliphatic rings. The first kappa shape index (κ1) is 18.0. The Morgan fingerprint density at radius 1 is 0.963 bits per heavy atom. The number of amides is 1. The summed E-state index contributed by atoms with van der Waals surface area (Å²) in [6.07, 6.45) is 0. The highest BCUT2D eigenvalue weighted by Crippen LogP contribution is 2.21. The molecule has 0 spiro atoms. The maximum absolute atomic E-state index is 12.0. The van der Waals surface area contributed by atoms with Crippen molar-refractivity contribution < 1.29 is 9.53 Å². The number of ether oxygens (including phenoxy) is 1. The van der Waals surface area contributed by atoms with Gasteiger partial charge in [0.1, 0.15) is 11.8 Å². The van der Waals surface area contributed by atoms with E-state index in [1.165, 1.54) is 0 Å². The van der Waals surface area contributed by atoms with Crippen LogP contribution in [0.5, 0.6) is 5.75 Å². The van der Waals surface area contributed by atoms with E-state index in [1.807, 2.05) is 61.5 Å². The zero-order valence-corrected chi connectivity index (χ0v) is 14.9. The van der Waals surface area contributed by atoms with Gasteiger partial charge in [-0.15, -0.1) is 0 Å². The molecular formula is C22H19N3O2. The lowest BCUT2D eigenvalue weighted by Crippen LogP contribution is -2.20. The predicted molar refractivity (Wildman–Crippen MR) is 106 cm³/mol. The molecule has 5 heteroatoms. The van der Waals surface area contributed by atoms with Crippen molar-refractivity contribution in [3.63, 3.8) is 0 Å². The largest absolute Gasteiger partial charge is 0.484 e. The second-order valence-corrected chi connectivity index (χ2v) is 6.01. The molecule has 3 aromatic carbocycles. The van der Waals surface area contributed by atoms with Crippen molar-refractivity contribution in [2.24, 2.45) is 0 Å². The maximum Gasteiger partial charge on any atom is 0.262 e. The van der Waals surface area contributed by atoms with Gasteiger partial charge in [-0.05, 0) is 55.5 Å². The summed E-state index contributed by atoms with van der Waals surface area (Å²) in [5.41, 5.74) is 3.95. The quantitative estimate of drug-likeness (QED) is 0.675. The van der Waals surface area contributed by atoms with Gasteiger partial charge in [-0.3, -0.25) is 4.79 Å². The number of carbonyl (C=O) groups excluding carboxylic acids is 1. The number of nitrogens with zero attached hydrogens (tertiary/aromatic N) is 1. The van der Waals surface area contributed by atoms with Gasteiger partial charge in [-0.1, -0.05) is 29.8 Å². The van der Waals surface area contributed by atoms with E-state index in [1.54, 1.807) is 18.2 Å². The molecule has 3 rings (SSSR count). The number of benzene rings is 3. The van der Waals surface area contributed by atoms with Crippen molar-refractivity contribution in [2.45, 2.75) is 6.92 Å². The number of para-hydroxylation sites is 1. The smallest absolute Gasteiger partial charge is 0.262 e. The molecule has 5 nitrogen and oxygen atoms in total. The Balaban J connectivity index is 1.55. The SMILES string of the molecule is Cc1ccc(OCC(=O)Nc2ccc(Nc3ccccc3C#N)cc2)cc1. The highest BCUT2D eigenvalue weighted by Gasteiger charge is 2.05. The Morgan fingerprint density at radius 2 is 1.63 bits per heavy atom. The van der Waals surface area contributed by atoms with Gasteiger partial charge in [0.05, 0.1) is 11.3 Å². The van der Waals surface area contributed by atoms with E-state index >= 15 is 0 Å². The topological polar surface area (TPSA) is 74.2 Å². The normalized spacial score (nSPS) is 9.93. The number of nitrogens with one attached hydrogen (secondary N) is 2. The van der Waals surface area contributed by atoms with Crippen molar-refractivity contribution in [1.29, 1.82) is 5.26 Å². The Morgan fingerprint density at radius 3 is 2.33 bits per heavy atom. The van der Waals surface area contributed by atoms with Gasteiger partial charge in [0.25, 0.3) is 5.91 Å². The minimum atomic E-state index is -0.230. The first-order chi connectivity index (χ1) is 13.1. The molecule has 0 unspecified atom stereocenters. The summed E-state index contributed by atoms with van der Waals surface area (Å²) in [6.45, 7) is 1.94. The molecule has 0 aliphatic carbocycles. The lowest BCUT2D eigenvalue weighted by atomic mass is 10.2. The number of aryl methyl sites for hydroxylation is 1. The molecule has 1 amide bonds. The van der Waals surface area contributed by atoms with Crippen LogP contribution in [0.2, 0.25) is 0 Å². The Labute approximate surface area is 158 Å². The maximum atomic E-state index is 12.0. The molecule has 27 heavy (non-hydrogen) atoms. The third-order valence-corrected chi connectivity index (χ3v) is 3.89. The molecule has 0 bridgehead atoms. The molecule has 0 saturated carbocycles. The minimum Gasteiger partial charge on any atom is -0.484 e. The number of hydrogen-bond donors (Lipinski definition) is 2. The van der Waals surface area contributed by atoms with Crippen molar-refractivity contribution in [3.8, 4) is 11.8 Å². The van der Waals surface area contributed by atoms with Gasteiger partial charge in [-0.25, -0.2) is 0 Å². The van der Waals surface area contributed by atoms with E-state index < -0.39 is 0 Å². The van der Waals surface area contributed by atoms with E-state index in [9.17, 15) is 4.79 Å². The fourth-order valence-corrected chi connectivity index (χ4v) is 2.46. The monoisotopic (exact) mass is 357 g/mol. The molecular weight excluding hydrogens is 338 g/mol. The number of hydrogen-bond acceptors (Lipinski definition) is 4. The molecule has 0 aliphatic heterocycles. The first-order valence-corrected chi connectivity index (χ1v) is 8.49. The summed E-state index contributed by atoms with van der Waals surface area (Å²) in [7, 11) is 0. The molecule has 0 saturated heterocycles. The van der Waals surface area contributed by atoms with Crippen molar-refractivity contribution in [1.82, 2.24) is 0 Å². The van der Waals surface area contributed by atoms with E-state index in [0.717, 1.165) is 16.9 Å². The van der Waals surface area contributed by atoms with E-state index in [4.69, 9.17) is 10.00 Å². The lowest BCUT2D eigenvalue weighted by Gasteiger charge is -2.10. The van der Waals surface area contributed by atoms with Crippen LogP contribution >= 0.6 is 0 Å². The van der Waals surface area contributed by atoms with E-state index in [2.05, 4.69) is 16.7 Å². The van der Waals surface area contributed by atoms with Crippen LogP contribution in [0.3, 0.4) is 0 Å². The summed E-state index contributed by atoms with van der Waals surface area (Å²) in [4.78, 5) is 12.0. The van der Waals surface area contributed by atoms with Crippen LogP contribution in [0.25, 0.3) is 0 Å². The number of anilines is 3. The van der Waals surface area contributed by atoms with Gasteiger partial charge in [0.15, 0.2) is 6.61 Å². The summed E-state index contributed by atoms with van der Waals surface area (Å²) < 4.78 is 5.47. The highest BCUT2D eigenvalue weighted by molar-refractivity contribution is 5.92. The zero-order valence-electron chi connectivity index (χ0n) is 14.9. The van der Waals surface area contributed by atoms with E-state index in [0.29, 0.717) is 17.0 Å². The number of nitriles is 1. The first-order valence-electron chi connectivity index (χ1n) is 8.49. The molecule has 2 N–H and O–H groups in total. The molecule has 0 atom stereocenters. The van der Waals surface area contributed by atoms with Crippen LogP contribution in [-0.2, 0) is 4.79 Å². The number of rotatable bonds is 6. The Bertz CT molecular complexity index is 958. The lowest BCUT2D eigenvalue weighted by molar-refractivity contribution is -0.118. The fourth-order valence-electron chi connectivity index (χ4n) is 2.46. The van der Waals surface area contributed by atoms with Gasteiger partial charge < -0.3 is 15.4 Å². The van der Waals surface area contributed by atoms with Crippen LogP contribution in [0.4, 0.5) is 17.1 Å². The average Bonchev–Trinajstić information content (AvgIpc) is 2.69. The molecule has 0 aromatic heterocycles. The minimum absolute atomic E-state index is 0.0569. The molecule has 0 radical (unpaired) electrons. The molecule has 3 aromatic rings. The van der Waals surface area contributed by atoms with Crippen molar-refractivity contribution in [2.75, 3.05) is 17.2 Å². The summed E-state index contributed by atoms with van der Waals surface area (Å²) in [6, 6.07) is 24.2. The van der Waals surface area contributed by atoms with Crippen molar-refractivity contribution >= 4 is 23.0 Å². The number of carbonyl (C=O) groups is 1. The predicted octanol–water partition coefficient (Wildman–Crippen LogP) is 4.63. The Hall–Kier alpha value is -3.78. The van der Waals surface area contributed by atoms with Gasteiger partial charge in [-0.2, -0.15) is 5.26 Å². The van der Waals surface area contributed by atoms with Crippen LogP contribution < -0.4 is 15.4 Å². The summed E-state index contributed by atoms with van der Waals surface area (Å²) >= 11 is 0. The highest BCUT2D eigenvalue weighted by atomic mass is 16.5. The van der Waals surface area contributed by atoms with E-state index in [-0.39, 0.29) is 12.5 Å². The standard InChI is InChI=1S/C22H19N3O2/c1-16-6-12-20(13-7-16)27-15-22(26)25-19-10-8-18(9-11-19)24-21-5-3-2-4-17(21)14-23/h2-13,24H,15H2,1H3,(H,25,26). The second-order valence-electron chi connectivity index (χ2n) is 6.01. The van der Waals surface area contributed by atoms with Gasteiger partial charge >= 0.3 is 0 Å². The van der Waals surface area contributed by atoms with Gasteiger partial charge in [0.2, 0.25) is 0 Å². The average molecular weight is 357 g/mol. The van der Waals surface area contributed by atoms with Crippen molar-refractivity contribution in [3.05, 3.63) is 83.9 Å². The van der Waals surface area contributed by atoms with Crippen LogP contribution in [-0.4, -0.2) is 12.5 Å². The zero-order chi connectivity index (χ0) is 19.1. The van der Waals surface area contributed by atoms with Crippen LogP contribution in [0.1, 0.15) is 11.1 Å². The molecule has 0 fully saturated rings. The third kappa shape index (κ3) is 5.10. The summed E-state index contributed by atoms with van der Waals surface area (Å²) in [5, 5.41) is 15.1. The Kier molecular flexibility index (Phi) is 5.70.